The zero-order chi connectivity index (χ0) is 27.2. The highest BCUT2D eigenvalue weighted by Gasteiger charge is 2.12. The number of carbonyl (C=O) groups is 2. The van der Waals surface area contributed by atoms with Gasteiger partial charge < -0.3 is 19.3 Å². The van der Waals surface area contributed by atoms with Crippen molar-refractivity contribution >= 4 is 11.9 Å². The van der Waals surface area contributed by atoms with Crippen LogP contribution in [0.4, 0.5) is 0 Å². The fourth-order valence-electron chi connectivity index (χ4n) is 3.94. The number of benzene rings is 5. The molecular weight excluding hydrogens is 492 g/mol. The van der Waals surface area contributed by atoms with Gasteiger partial charge in [-0.25, -0.2) is 9.59 Å². The van der Waals surface area contributed by atoms with Gasteiger partial charge in [0, 0.05) is 0 Å². The van der Waals surface area contributed by atoms with E-state index in [2.05, 4.69) is 0 Å². The van der Waals surface area contributed by atoms with Crippen LogP contribution in [0.25, 0.3) is 22.3 Å². The number of hydrogen-bond donors (Lipinski definition) is 1. The highest BCUT2D eigenvalue weighted by Crippen LogP contribution is 2.25. The average molecular weight is 517 g/mol. The second-order valence-electron chi connectivity index (χ2n) is 8.68. The van der Waals surface area contributed by atoms with Crippen molar-refractivity contribution in [3.8, 4) is 45.3 Å². The van der Waals surface area contributed by atoms with Crippen LogP contribution in [-0.4, -0.2) is 24.2 Å². The molecule has 0 unspecified atom stereocenters. The van der Waals surface area contributed by atoms with E-state index in [0.717, 1.165) is 28.0 Å². The van der Waals surface area contributed by atoms with Crippen molar-refractivity contribution < 1.29 is 28.9 Å². The van der Waals surface area contributed by atoms with Gasteiger partial charge in [0.15, 0.2) is 0 Å². The second-order valence-corrected chi connectivity index (χ2v) is 8.68. The van der Waals surface area contributed by atoms with Crippen molar-refractivity contribution in [2.24, 2.45) is 0 Å². The normalized spacial score (nSPS) is 10.5. The second kappa shape index (κ2) is 11.4. The Morgan fingerprint density at radius 1 is 0.462 bits per heavy atom. The molecule has 0 amide bonds. The molecule has 0 aliphatic heterocycles. The molecule has 0 atom stereocenters. The van der Waals surface area contributed by atoms with E-state index in [-0.39, 0.29) is 5.75 Å². The Balaban J connectivity index is 1.17. The maximum atomic E-state index is 12.6. The molecule has 6 nitrogen and oxygen atoms in total. The molecule has 0 spiro atoms. The summed E-state index contributed by atoms with van der Waals surface area (Å²) in [7, 11) is 1.62. The van der Waals surface area contributed by atoms with E-state index in [4.69, 9.17) is 14.2 Å². The Labute approximate surface area is 225 Å². The van der Waals surface area contributed by atoms with Gasteiger partial charge in [-0.05, 0) is 95.1 Å². The van der Waals surface area contributed by atoms with Gasteiger partial charge in [0.05, 0.1) is 18.2 Å². The van der Waals surface area contributed by atoms with Gasteiger partial charge in [0.25, 0.3) is 0 Å². The molecule has 0 fully saturated rings. The largest absolute Gasteiger partial charge is 0.508 e. The van der Waals surface area contributed by atoms with Gasteiger partial charge in [-0.1, -0.05) is 48.5 Å². The van der Waals surface area contributed by atoms with Crippen molar-refractivity contribution in [1.82, 2.24) is 0 Å². The molecule has 0 heterocycles. The summed E-state index contributed by atoms with van der Waals surface area (Å²) in [6.45, 7) is 0. The zero-order valence-corrected chi connectivity index (χ0v) is 21.0. The molecule has 5 rings (SSSR count). The number of phenolic OH excluding ortho intramolecular Hbond substituents is 1. The summed E-state index contributed by atoms with van der Waals surface area (Å²) in [5, 5.41) is 9.44. The molecule has 39 heavy (non-hydrogen) atoms. The van der Waals surface area contributed by atoms with Gasteiger partial charge in [-0.2, -0.15) is 0 Å². The van der Waals surface area contributed by atoms with Gasteiger partial charge in [0.2, 0.25) is 0 Å². The lowest BCUT2D eigenvalue weighted by atomic mass is 10.0. The summed E-state index contributed by atoms with van der Waals surface area (Å²) in [5.41, 5.74) is 4.62. The average Bonchev–Trinajstić information content (AvgIpc) is 2.99. The summed E-state index contributed by atoms with van der Waals surface area (Å²) in [4.78, 5) is 25.2. The minimum absolute atomic E-state index is 0.194. The maximum Gasteiger partial charge on any atom is 0.343 e. The van der Waals surface area contributed by atoms with Gasteiger partial charge in [-0.3, -0.25) is 0 Å². The molecule has 0 radical (unpaired) electrons. The zero-order valence-electron chi connectivity index (χ0n) is 21.0. The predicted molar refractivity (Wildman–Crippen MR) is 148 cm³/mol. The van der Waals surface area contributed by atoms with E-state index in [0.29, 0.717) is 22.6 Å². The number of rotatable bonds is 7. The topological polar surface area (TPSA) is 82.1 Å². The Kier molecular flexibility index (Phi) is 7.37. The number of ether oxygens (including phenoxy) is 3. The number of carbonyl (C=O) groups excluding carboxylic acids is 2. The molecule has 192 valence electrons. The van der Waals surface area contributed by atoms with E-state index >= 15 is 0 Å². The molecule has 1 N–H and O–H groups in total. The fourth-order valence-corrected chi connectivity index (χ4v) is 3.94. The first kappa shape index (κ1) is 25.3. The van der Waals surface area contributed by atoms with E-state index in [1.165, 1.54) is 0 Å². The number of esters is 2. The number of aromatic hydroxyl groups is 1. The lowest BCUT2D eigenvalue weighted by Gasteiger charge is -2.08. The van der Waals surface area contributed by atoms with Crippen molar-refractivity contribution in [2.75, 3.05) is 7.11 Å². The van der Waals surface area contributed by atoms with Crippen LogP contribution in [0.1, 0.15) is 20.7 Å². The molecule has 0 aliphatic rings. The third kappa shape index (κ3) is 6.14. The third-order valence-electron chi connectivity index (χ3n) is 6.11. The van der Waals surface area contributed by atoms with Crippen LogP contribution in [-0.2, 0) is 0 Å². The summed E-state index contributed by atoms with van der Waals surface area (Å²) in [5.74, 6) is 0.631. The van der Waals surface area contributed by atoms with E-state index in [1.807, 2.05) is 48.5 Å². The van der Waals surface area contributed by atoms with Crippen LogP contribution in [0.3, 0.4) is 0 Å². The molecular formula is C33H24O6. The highest BCUT2D eigenvalue weighted by molar-refractivity contribution is 5.92. The molecule has 5 aromatic rings. The monoisotopic (exact) mass is 516 g/mol. The van der Waals surface area contributed by atoms with Gasteiger partial charge in [-0.15, -0.1) is 0 Å². The van der Waals surface area contributed by atoms with Crippen molar-refractivity contribution in [3.05, 3.63) is 132 Å². The molecule has 0 aliphatic carbocycles. The third-order valence-corrected chi connectivity index (χ3v) is 6.11. The first-order valence-corrected chi connectivity index (χ1v) is 12.2. The van der Waals surface area contributed by atoms with Crippen LogP contribution < -0.4 is 14.2 Å². The number of hydrogen-bond acceptors (Lipinski definition) is 6. The molecule has 0 saturated heterocycles. The van der Waals surface area contributed by atoms with Crippen LogP contribution in [0.15, 0.2) is 121 Å². The maximum absolute atomic E-state index is 12.6. The Bertz CT molecular complexity index is 1570. The minimum atomic E-state index is -0.506. The molecule has 6 heteroatoms. The predicted octanol–water partition coefficient (Wildman–Crippen LogP) is 7.17. The highest BCUT2D eigenvalue weighted by atomic mass is 16.5. The lowest BCUT2D eigenvalue weighted by Crippen LogP contribution is -2.09. The Morgan fingerprint density at radius 3 is 1.13 bits per heavy atom. The molecule has 0 aromatic heterocycles. The van der Waals surface area contributed by atoms with Crippen molar-refractivity contribution in [1.29, 1.82) is 0 Å². The fraction of sp³-hybridized carbons (Fsp3) is 0.0303. The molecule has 5 aromatic carbocycles. The number of methoxy groups -OCH3 is 1. The quantitative estimate of drug-likeness (QED) is 0.182. The van der Waals surface area contributed by atoms with Crippen LogP contribution in [0.5, 0.6) is 23.0 Å². The van der Waals surface area contributed by atoms with E-state index in [9.17, 15) is 14.7 Å². The van der Waals surface area contributed by atoms with Gasteiger partial charge >= 0.3 is 11.9 Å². The first-order chi connectivity index (χ1) is 19.0. The first-order valence-electron chi connectivity index (χ1n) is 12.2. The molecule has 0 bridgehead atoms. The summed E-state index contributed by atoms with van der Waals surface area (Å²) < 4.78 is 16.1. The number of phenols is 1. The SMILES string of the molecule is COc1ccc(-c2ccc(C(=O)Oc3ccc(OC(=O)c4ccc(-c5ccc(O)cc5)cc4)cc3)cc2)cc1. The van der Waals surface area contributed by atoms with Crippen LogP contribution in [0, 0.1) is 0 Å². The smallest absolute Gasteiger partial charge is 0.343 e. The Morgan fingerprint density at radius 2 is 0.769 bits per heavy atom. The van der Waals surface area contributed by atoms with Crippen LogP contribution >= 0.6 is 0 Å². The standard InChI is InChI=1S/C33H24O6/c1-37-29-16-12-25(13-17-29)23-4-8-27(9-5-23)33(36)39-31-20-18-30(19-21-31)38-32(35)26-6-2-22(3-7-26)24-10-14-28(34)15-11-24/h2-21,34H,1H3. The van der Waals surface area contributed by atoms with Crippen LogP contribution in [0.2, 0.25) is 0 Å². The summed E-state index contributed by atoms with van der Waals surface area (Å²) in [6.07, 6.45) is 0. The van der Waals surface area contributed by atoms with Gasteiger partial charge in [0.1, 0.15) is 23.0 Å². The van der Waals surface area contributed by atoms with Crippen molar-refractivity contribution in [3.63, 3.8) is 0 Å². The lowest BCUT2D eigenvalue weighted by molar-refractivity contribution is 0.0719. The summed E-state index contributed by atoms with van der Waals surface area (Å²) >= 11 is 0. The molecule has 0 saturated carbocycles. The van der Waals surface area contributed by atoms with Crippen molar-refractivity contribution in [2.45, 2.75) is 0 Å². The van der Waals surface area contributed by atoms with E-state index < -0.39 is 11.9 Å². The van der Waals surface area contributed by atoms with E-state index in [1.54, 1.807) is 79.9 Å². The Hall–Kier alpha value is -5.36. The minimum Gasteiger partial charge on any atom is -0.508 e. The summed E-state index contributed by atoms with van der Waals surface area (Å²) in [6, 6.07) is 34.9.